The van der Waals surface area contributed by atoms with E-state index < -0.39 is 5.60 Å². The maximum absolute atomic E-state index is 10.8. The normalized spacial score (nSPS) is 20.1. The molecule has 0 spiro atoms. The molecule has 0 heterocycles. The Balaban J connectivity index is 2.20. The van der Waals surface area contributed by atoms with Gasteiger partial charge in [-0.3, -0.25) is 0 Å². The van der Waals surface area contributed by atoms with Crippen molar-refractivity contribution < 1.29 is 5.11 Å². The second kappa shape index (κ2) is 6.65. The lowest BCUT2D eigenvalue weighted by atomic mass is 9.79. The van der Waals surface area contributed by atoms with Crippen LogP contribution in [0.3, 0.4) is 0 Å². The van der Waals surface area contributed by atoms with Crippen LogP contribution in [-0.2, 0) is 0 Å². The molecular formula is C16H23Cl2NO. The van der Waals surface area contributed by atoms with Crippen LogP contribution in [-0.4, -0.2) is 29.7 Å². The summed E-state index contributed by atoms with van der Waals surface area (Å²) in [6, 6.07) is 5.92. The summed E-state index contributed by atoms with van der Waals surface area (Å²) in [4.78, 5) is 2.14. The van der Waals surface area contributed by atoms with Crippen molar-refractivity contribution in [3.63, 3.8) is 0 Å². The van der Waals surface area contributed by atoms with E-state index in [2.05, 4.69) is 4.90 Å². The van der Waals surface area contributed by atoms with E-state index in [-0.39, 0.29) is 6.04 Å². The maximum atomic E-state index is 10.8. The molecule has 1 fully saturated rings. The Hall–Kier alpha value is -0.280. The van der Waals surface area contributed by atoms with Gasteiger partial charge in [0.2, 0.25) is 0 Å². The molecule has 1 aromatic rings. The van der Waals surface area contributed by atoms with Gasteiger partial charge in [-0.05, 0) is 51.1 Å². The number of benzene rings is 1. The molecule has 1 aliphatic carbocycles. The minimum absolute atomic E-state index is 0.160. The highest BCUT2D eigenvalue weighted by Crippen LogP contribution is 2.38. The topological polar surface area (TPSA) is 23.5 Å². The fraction of sp³-hybridized carbons (Fsp3) is 0.625. The summed E-state index contributed by atoms with van der Waals surface area (Å²) in [6.45, 7) is 0. The molecule has 1 unspecified atom stereocenters. The van der Waals surface area contributed by atoms with Crippen LogP contribution >= 0.6 is 23.2 Å². The van der Waals surface area contributed by atoms with Gasteiger partial charge in [-0.25, -0.2) is 0 Å². The molecule has 0 amide bonds. The minimum Gasteiger partial charge on any atom is -0.390 e. The van der Waals surface area contributed by atoms with Crippen LogP contribution in [0.4, 0.5) is 0 Å². The molecule has 2 nitrogen and oxygen atoms in total. The Kier molecular flexibility index (Phi) is 5.36. The van der Waals surface area contributed by atoms with Crippen LogP contribution in [0.1, 0.15) is 50.1 Å². The Bertz CT molecular complexity index is 456. The van der Waals surface area contributed by atoms with Gasteiger partial charge in [-0.1, -0.05) is 48.5 Å². The first-order chi connectivity index (χ1) is 9.41. The molecule has 112 valence electrons. The molecule has 1 saturated carbocycles. The number of aliphatic hydroxyl groups is 1. The van der Waals surface area contributed by atoms with E-state index in [1.54, 1.807) is 0 Å². The van der Waals surface area contributed by atoms with E-state index in [1.165, 1.54) is 6.42 Å². The number of hydrogen-bond donors (Lipinski definition) is 1. The highest BCUT2D eigenvalue weighted by molar-refractivity contribution is 6.42. The van der Waals surface area contributed by atoms with Gasteiger partial charge < -0.3 is 10.0 Å². The highest BCUT2D eigenvalue weighted by Gasteiger charge is 2.33. The van der Waals surface area contributed by atoms with Crippen molar-refractivity contribution in [3.05, 3.63) is 33.8 Å². The fourth-order valence-corrected chi connectivity index (χ4v) is 3.40. The summed E-state index contributed by atoms with van der Waals surface area (Å²) in [5.74, 6) is 0. The van der Waals surface area contributed by atoms with Crippen molar-refractivity contribution in [1.29, 1.82) is 0 Å². The Morgan fingerprint density at radius 1 is 1.15 bits per heavy atom. The number of rotatable bonds is 4. The minimum atomic E-state index is -0.542. The van der Waals surface area contributed by atoms with Crippen molar-refractivity contribution >= 4 is 23.2 Å². The predicted molar refractivity (Wildman–Crippen MR) is 85.5 cm³/mol. The van der Waals surface area contributed by atoms with Crippen molar-refractivity contribution in [2.75, 3.05) is 14.1 Å². The molecule has 1 aromatic carbocycles. The van der Waals surface area contributed by atoms with Crippen LogP contribution in [0.15, 0.2) is 18.2 Å². The van der Waals surface area contributed by atoms with Gasteiger partial charge in [-0.15, -0.1) is 0 Å². The molecular weight excluding hydrogens is 293 g/mol. The number of nitrogens with zero attached hydrogens (tertiary/aromatic N) is 1. The molecule has 2 rings (SSSR count). The van der Waals surface area contributed by atoms with Crippen molar-refractivity contribution in [1.82, 2.24) is 4.90 Å². The SMILES string of the molecule is CN(C)C(CC1(O)CCCCC1)c1ccc(Cl)c(Cl)c1. The molecule has 0 bridgehead atoms. The third-order valence-corrected chi connectivity index (χ3v) is 5.05. The first-order valence-electron chi connectivity index (χ1n) is 7.25. The molecule has 1 N–H and O–H groups in total. The van der Waals surface area contributed by atoms with Crippen LogP contribution in [0.25, 0.3) is 0 Å². The van der Waals surface area contributed by atoms with E-state index in [0.29, 0.717) is 10.0 Å². The monoisotopic (exact) mass is 315 g/mol. The van der Waals surface area contributed by atoms with Gasteiger partial charge >= 0.3 is 0 Å². The van der Waals surface area contributed by atoms with Gasteiger partial charge in [0.05, 0.1) is 15.6 Å². The van der Waals surface area contributed by atoms with Gasteiger partial charge in [0.1, 0.15) is 0 Å². The quantitative estimate of drug-likeness (QED) is 0.872. The summed E-state index contributed by atoms with van der Waals surface area (Å²) in [7, 11) is 4.08. The Morgan fingerprint density at radius 2 is 1.80 bits per heavy atom. The molecule has 1 aliphatic rings. The molecule has 0 radical (unpaired) electrons. The van der Waals surface area contributed by atoms with E-state index in [1.807, 2.05) is 32.3 Å². The summed E-state index contributed by atoms with van der Waals surface area (Å²) in [5.41, 5.74) is 0.572. The zero-order valence-electron chi connectivity index (χ0n) is 12.2. The molecule has 1 atom stereocenters. The van der Waals surface area contributed by atoms with E-state index >= 15 is 0 Å². The first kappa shape index (κ1) is 16.1. The standard InChI is InChI=1S/C16H23Cl2NO/c1-19(2)15(11-16(20)8-4-3-5-9-16)12-6-7-13(17)14(18)10-12/h6-7,10,15,20H,3-5,8-9,11H2,1-2H3. The maximum Gasteiger partial charge on any atom is 0.0666 e. The van der Waals surface area contributed by atoms with Crippen LogP contribution in [0, 0.1) is 0 Å². The van der Waals surface area contributed by atoms with Gasteiger partial charge in [0.25, 0.3) is 0 Å². The molecule has 20 heavy (non-hydrogen) atoms. The Morgan fingerprint density at radius 3 is 2.35 bits per heavy atom. The highest BCUT2D eigenvalue weighted by atomic mass is 35.5. The average molecular weight is 316 g/mol. The van der Waals surface area contributed by atoms with Crippen LogP contribution in [0.2, 0.25) is 10.0 Å². The fourth-order valence-electron chi connectivity index (χ4n) is 3.09. The van der Waals surface area contributed by atoms with E-state index in [4.69, 9.17) is 23.2 Å². The molecule has 0 saturated heterocycles. The van der Waals surface area contributed by atoms with Gasteiger partial charge in [0, 0.05) is 6.04 Å². The van der Waals surface area contributed by atoms with Gasteiger partial charge in [-0.2, -0.15) is 0 Å². The average Bonchev–Trinajstić information content (AvgIpc) is 2.40. The lowest BCUT2D eigenvalue weighted by Gasteiger charge is -2.37. The van der Waals surface area contributed by atoms with Crippen molar-refractivity contribution in [2.24, 2.45) is 0 Å². The van der Waals surface area contributed by atoms with Crippen molar-refractivity contribution in [3.8, 4) is 0 Å². The molecule has 0 aliphatic heterocycles. The predicted octanol–water partition coefficient (Wildman–Crippen LogP) is 4.68. The van der Waals surface area contributed by atoms with Crippen LogP contribution in [0.5, 0.6) is 0 Å². The second-order valence-electron chi connectivity index (χ2n) is 6.14. The van der Waals surface area contributed by atoms with Crippen LogP contribution < -0.4 is 0 Å². The second-order valence-corrected chi connectivity index (χ2v) is 6.96. The lowest BCUT2D eigenvalue weighted by Crippen LogP contribution is -2.36. The Labute approximate surface area is 131 Å². The number of hydrogen-bond acceptors (Lipinski definition) is 2. The molecule has 0 aromatic heterocycles. The summed E-state index contributed by atoms with van der Waals surface area (Å²) < 4.78 is 0. The summed E-state index contributed by atoms with van der Waals surface area (Å²) in [5, 5.41) is 11.9. The van der Waals surface area contributed by atoms with E-state index in [0.717, 1.165) is 37.7 Å². The third kappa shape index (κ3) is 3.88. The largest absolute Gasteiger partial charge is 0.390 e. The zero-order valence-corrected chi connectivity index (χ0v) is 13.7. The number of halogens is 2. The smallest absolute Gasteiger partial charge is 0.0666 e. The summed E-state index contributed by atoms with van der Waals surface area (Å²) >= 11 is 12.1. The lowest BCUT2D eigenvalue weighted by molar-refractivity contribution is -0.0227. The first-order valence-corrected chi connectivity index (χ1v) is 8.01. The van der Waals surface area contributed by atoms with Gasteiger partial charge in [0.15, 0.2) is 0 Å². The van der Waals surface area contributed by atoms with E-state index in [9.17, 15) is 5.11 Å². The third-order valence-electron chi connectivity index (χ3n) is 4.31. The van der Waals surface area contributed by atoms with Crippen molar-refractivity contribution in [2.45, 2.75) is 50.2 Å². The zero-order chi connectivity index (χ0) is 14.8. The molecule has 4 heteroatoms. The summed E-state index contributed by atoms with van der Waals surface area (Å²) in [6.07, 6.45) is 6.03.